The van der Waals surface area contributed by atoms with E-state index in [-0.39, 0.29) is 57.7 Å². The van der Waals surface area contributed by atoms with Crippen LogP contribution in [0.4, 0.5) is 0 Å². The Balaban J connectivity index is 0.00000560. The minimum atomic E-state index is -0.324. The van der Waals surface area contributed by atoms with Crippen molar-refractivity contribution in [1.29, 1.82) is 5.41 Å². The first-order chi connectivity index (χ1) is 18.0. The number of nitrogens with zero attached hydrogens (tertiary/aromatic N) is 2. The molecule has 1 heterocycles. The Hall–Kier alpha value is -2.93. The molecule has 0 saturated carbocycles. The Kier molecular flexibility index (Phi) is 10.6. The molecule has 7 heteroatoms. The summed E-state index contributed by atoms with van der Waals surface area (Å²) in [6, 6.07) is 11.1. The SMILES string of the molecule is Br.CCCC1CN(CC(=O)c2cc(C(C)(C)C)c(O)c(C(C)(C)C)c2)C(=N)C1=Cc1ccc(C(=O)N(C)C)cc1. The molecule has 218 valence electrons. The van der Waals surface area contributed by atoms with Crippen LogP contribution in [-0.2, 0) is 10.8 Å². The number of aromatic hydroxyl groups is 1. The number of amidine groups is 1. The van der Waals surface area contributed by atoms with Crippen molar-refractivity contribution >= 4 is 40.6 Å². The third-order valence-corrected chi connectivity index (χ3v) is 7.38. The van der Waals surface area contributed by atoms with Crippen LogP contribution in [0.1, 0.15) is 98.7 Å². The molecule has 1 amide bonds. The van der Waals surface area contributed by atoms with Gasteiger partial charge in [0.05, 0.1) is 6.54 Å². The number of benzene rings is 2. The zero-order valence-electron chi connectivity index (χ0n) is 25.5. The van der Waals surface area contributed by atoms with Crippen molar-refractivity contribution < 1.29 is 14.7 Å². The molecular formula is C33H46BrN3O3. The molecule has 1 unspecified atom stereocenters. The van der Waals surface area contributed by atoms with Crippen LogP contribution in [-0.4, -0.2) is 59.6 Å². The predicted octanol–water partition coefficient (Wildman–Crippen LogP) is 7.24. The van der Waals surface area contributed by atoms with E-state index in [4.69, 9.17) is 5.41 Å². The number of likely N-dealkylation sites (tertiary alicyclic amines) is 1. The quantitative estimate of drug-likeness (QED) is 0.323. The second-order valence-corrected chi connectivity index (χ2v) is 13.0. The van der Waals surface area contributed by atoms with E-state index in [0.29, 0.717) is 23.5 Å². The lowest BCUT2D eigenvalue weighted by Gasteiger charge is -2.28. The number of phenols is 1. The van der Waals surface area contributed by atoms with Crippen molar-refractivity contribution in [3.63, 3.8) is 0 Å². The van der Waals surface area contributed by atoms with Gasteiger partial charge in [-0.1, -0.05) is 67.0 Å². The van der Waals surface area contributed by atoms with E-state index < -0.39 is 0 Å². The average Bonchev–Trinajstić information content (AvgIpc) is 3.11. The summed E-state index contributed by atoms with van der Waals surface area (Å²) < 4.78 is 0. The summed E-state index contributed by atoms with van der Waals surface area (Å²) in [6.07, 6.45) is 3.93. The molecule has 0 spiro atoms. The molecule has 0 radical (unpaired) electrons. The number of phenolic OH excluding ortho intramolecular Hbond substituents is 1. The van der Waals surface area contributed by atoms with Gasteiger partial charge in [-0.3, -0.25) is 15.0 Å². The maximum atomic E-state index is 13.6. The number of nitrogens with one attached hydrogen (secondary N) is 1. The highest BCUT2D eigenvalue weighted by molar-refractivity contribution is 8.93. The fraction of sp³-hybridized carbons (Fsp3) is 0.485. The zero-order valence-corrected chi connectivity index (χ0v) is 27.2. The molecule has 2 N–H and O–H groups in total. The molecule has 1 aliphatic heterocycles. The number of amides is 1. The lowest BCUT2D eigenvalue weighted by atomic mass is 9.78. The van der Waals surface area contributed by atoms with Crippen LogP contribution < -0.4 is 0 Å². The van der Waals surface area contributed by atoms with Crippen LogP contribution in [0.15, 0.2) is 42.0 Å². The molecule has 0 bridgehead atoms. The van der Waals surface area contributed by atoms with E-state index in [0.717, 1.165) is 35.1 Å². The largest absolute Gasteiger partial charge is 0.507 e. The van der Waals surface area contributed by atoms with Crippen molar-refractivity contribution in [3.05, 3.63) is 69.8 Å². The lowest BCUT2D eigenvalue weighted by molar-refractivity contribution is 0.0827. The minimum absolute atomic E-state index is 0. The van der Waals surface area contributed by atoms with Crippen LogP contribution in [0.2, 0.25) is 0 Å². The summed E-state index contributed by atoms with van der Waals surface area (Å²) >= 11 is 0. The van der Waals surface area contributed by atoms with E-state index in [1.807, 2.05) is 88.9 Å². The van der Waals surface area contributed by atoms with Gasteiger partial charge in [0.2, 0.25) is 0 Å². The number of hydrogen-bond donors (Lipinski definition) is 2. The first-order valence-electron chi connectivity index (χ1n) is 13.8. The second-order valence-electron chi connectivity index (χ2n) is 13.0. The van der Waals surface area contributed by atoms with E-state index in [2.05, 4.69) is 6.92 Å². The average molecular weight is 613 g/mol. The first kappa shape index (κ1) is 33.3. The molecule has 40 heavy (non-hydrogen) atoms. The Morgan fingerprint density at radius 1 is 1.00 bits per heavy atom. The number of carbonyl (C=O) groups is 2. The van der Waals surface area contributed by atoms with Gasteiger partial charge in [-0.2, -0.15) is 0 Å². The van der Waals surface area contributed by atoms with Gasteiger partial charge in [-0.05, 0) is 58.7 Å². The Morgan fingerprint density at radius 3 is 1.98 bits per heavy atom. The van der Waals surface area contributed by atoms with Gasteiger partial charge >= 0.3 is 0 Å². The molecule has 1 saturated heterocycles. The third-order valence-electron chi connectivity index (χ3n) is 7.38. The third kappa shape index (κ3) is 7.42. The lowest BCUT2D eigenvalue weighted by Crippen LogP contribution is -2.31. The van der Waals surface area contributed by atoms with E-state index in [1.165, 1.54) is 0 Å². The second kappa shape index (κ2) is 12.7. The smallest absolute Gasteiger partial charge is 0.253 e. The highest BCUT2D eigenvalue weighted by Gasteiger charge is 2.34. The fourth-order valence-corrected chi connectivity index (χ4v) is 5.12. The molecule has 2 aromatic rings. The van der Waals surface area contributed by atoms with Gasteiger partial charge < -0.3 is 14.9 Å². The van der Waals surface area contributed by atoms with E-state index in [1.54, 1.807) is 19.0 Å². The van der Waals surface area contributed by atoms with Crippen molar-refractivity contribution in [2.45, 2.75) is 72.1 Å². The van der Waals surface area contributed by atoms with Crippen LogP contribution in [0.3, 0.4) is 0 Å². The van der Waals surface area contributed by atoms with Gasteiger partial charge in [-0.15, -0.1) is 17.0 Å². The number of hydrogen-bond acceptors (Lipinski definition) is 4. The molecule has 6 nitrogen and oxygen atoms in total. The van der Waals surface area contributed by atoms with Gasteiger partial charge in [0.15, 0.2) is 5.78 Å². The number of carbonyl (C=O) groups excluding carboxylic acids is 2. The number of Topliss-reactive ketones (excluding diaryl/α,β-unsaturated/α-hetero) is 1. The maximum Gasteiger partial charge on any atom is 0.253 e. The molecule has 1 aliphatic rings. The predicted molar refractivity (Wildman–Crippen MR) is 170 cm³/mol. The summed E-state index contributed by atoms with van der Waals surface area (Å²) in [5.74, 6) is 0.690. The molecule has 0 aromatic heterocycles. The zero-order chi connectivity index (χ0) is 29.3. The molecule has 1 fully saturated rings. The van der Waals surface area contributed by atoms with Crippen LogP contribution >= 0.6 is 17.0 Å². The van der Waals surface area contributed by atoms with Crippen molar-refractivity contribution in [2.24, 2.45) is 5.92 Å². The molecular weight excluding hydrogens is 566 g/mol. The van der Waals surface area contributed by atoms with E-state index >= 15 is 0 Å². The van der Waals surface area contributed by atoms with Crippen molar-refractivity contribution in [1.82, 2.24) is 9.80 Å². The standard InChI is InChI=1S/C33H45N3O3.BrH/c1-10-11-23-19-36(30(34)25(23)16-21-12-14-22(15-13-21)31(39)35(8)9)20-28(37)24-17-26(32(2,3)4)29(38)27(18-24)33(5,6)7;/h12-18,23,34,38H,10-11,19-20H2,1-9H3;1H. The molecule has 0 aliphatic carbocycles. The number of ketones is 1. The maximum absolute atomic E-state index is 13.6. The first-order valence-corrected chi connectivity index (χ1v) is 13.8. The van der Waals surface area contributed by atoms with Gasteiger partial charge in [-0.25, -0.2) is 0 Å². The van der Waals surface area contributed by atoms with Crippen molar-refractivity contribution in [2.75, 3.05) is 27.2 Å². The fourth-order valence-electron chi connectivity index (χ4n) is 5.12. The minimum Gasteiger partial charge on any atom is -0.507 e. The Bertz CT molecular complexity index is 1250. The van der Waals surface area contributed by atoms with Crippen LogP contribution in [0.25, 0.3) is 6.08 Å². The van der Waals surface area contributed by atoms with Gasteiger partial charge in [0.25, 0.3) is 5.91 Å². The highest BCUT2D eigenvalue weighted by atomic mass is 79.9. The molecule has 2 aromatic carbocycles. The summed E-state index contributed by atoms with van der Waals surface area (Å²) in [7, 11) is 3.46. The van der Waals surface area contributed by atoms with E-state index in [9.17, 15) is 14.7 Å². The number of rotatable bonds is 7. The Morgan fingerprint density at radius 2 is 1.52 bits per heavy atom. The van der Waals surface area contributed by atoms with Crippen molar-refractivity contribution in [3.8, 4) is 5.75 Å². The molecule has 1 atom stereocenters. The monoisotopic (exact) mass is 611 g/mol. The normalized spacial score (nSPS) is 16.7. The summed E-state index contributed by atoms with van der Waals surface area (Å²) in [5.41, 5.74) is 3.92. The number of halogens is 1. The van der Waals surface area contributed by atoms with Crippen LogP contribution in [0, 0.1) is 11.3 Å². The summed E-state index contributed by atoms with van der Waals surface area (Å²) in [4.78, 5) is 29.3. The van der Waals surface area contributed by atoms with Gasteiger partial charge in [0.1, 0.15) is 11.6 Å². The van der Waals surface area contributed by atoms with Crippen LogP contribution in [0.5, 0.6) is 5.75 Å². The summed E-state index contributed by atoms with van der Waals surface area (Å²) in [6.45, 7) is 15.1. The molecule has 3 rings (SSSR count). The van der Waals surface area contributed by atoms with Gasteiger partial charge in [0, 0.05) is 48.8 Å². The Labute approximate surface area is 250 Å². The topological polar surface area (TPSA) is 84.7 Å². The highest BCUT2D eigenvalue weighted by Crippen LogP contribution is 2.40. The summed E-state index contributed by atoms with van der Waals surface area (Å²) in [5, 5.41) is 20.0.